The van der Waals surface area contributed by atoms with Gasteiger partial charge in [0, 0.05) is 16.9 Å². The average Bonchev–Trinajstić information content (AvgIpc) is 2.60. The number of carbonyl (C=O) groups excluding carboxylic acids is 1. The molecule has 5 heteroatoms. The fourth-order valence-corrected chi connectivity index (χ4v) is 2.37. The van der Waals surface area contributed by atoms with E-state index in [-0.39, 0.29) is 5.92 Å². The van der Waals surface area contributed by atoms with Crippen molar-refractivity contribution in [2.75, 3.05) is 6.54 Å². The molecule has 0 aliphatic carbocycles. The standard InChI is InChI=1S/C11H10BrNO3/c12-7-3-1-2-6(4-7)8-5-13-10(14)9(8)11(15)16/h1-4,8-9H,5H2,(H,13,14)(H,15,16). The molecule has 1 aromatic rings. The molecule has 2 unspecified atom stereocenters. The first-order chi connectivity index (χ1) is 7.59. The van der Waals surface area contributed by atoms with Crippen molar-refractivity contribution in [2.24, 2.45) is 5.92 Å². The van der Waals surface area contributed by atoms with E-state index in [1.165, 1.54) is 0 Å². The van der Waals surface area contributed by atoms with E-state index in [0.717, 1.165) is 10.0 Å². The molecule has 1 aromatic carbocycles. The maximum Gasteiger partial charge on any atom is 0.316 e. The monoisotopic (exact) mass is 283 g/mol. The summed E-state index contributed by atoms with van der Waals surface area (Å²) in [4.78, 5) is 22.4. The van der Waals surface area contributed by atoms with Crippen LogP contribution in [-0.4, -0.2) is 23.5 Å². The SMILES string of the molecule is O=C(O)C1C(=O)NCC1c1cccc(Br)c1. The van der Waals surface area contributed by atoms with Gasteiger partial charge in [-0.05, 0) is 17.7 Å². The molecule has 0 aromatic heterocycles. The highest BCUT2D eigenvalue weighted by Crippen LogP contribution is 2.30. The molecule has 1 heterocycles. The minimum atomic E-state index is -1.07. The van der Waals surface area contributed by atoms with Crippen LogP contribution in [0.5, 0.6) is 0 Å². The summed E-state index contributed by atoms with van der Waals surface area (Å²) in [5.41, 5.74) is 0.861. The number of amides is 1. The third-order valence-corrected chi connectivity index (χ3v) is 3.22. The van der Waals surface area contributed by atoms with Crippen LogP contribution in [0.1, 0.15) is 11.5 Å². The third kappa shape index (κ3) is 1.95. The van der Waals surface area contributed by atoms with Gasteiger partial charge < -0.3 is 10.4 Å². The molecule has 2 rings (SSSR count). The second-order valence-corrected chi connectivity index (χ2v) is 4.64. The predicted octanol–water partition coefficient (Wildman–Crippen LogP) is 1.36. The van der Waals surface area contributed by atoms with Gasteiger partial charge in [-0.1, -0.05) is 28.1 Å². The first kappa shape index (κ1) is 11.1. The zero-order valence-corrected chi connectivity index (χ0v) is 9.90. The number of benzene rings is 1. The second-order valence-electron chi connectivity index (χ2n) is 3.72. The van der Waals surface area contributed by atoms with Crippen LogP contribution in [0.3, 0.4) is 0 Å². The Hall–Kier alpha value is -1.36. The lowest BCUT2D eigenvalue weighted by atomic mass is 9.89. The molecule has 0 radical (unpaired) electrons. The van der Waals surface area contributed by atoms with Crippen LogP contribution in [0.15, 0.2) is 28.7 Å². The smallest absolute Gasteiger partial charge is 0.316 e. The van der Waals surface area contributed by atoms with Crippen molar-refractivity contribution in [2.45, 2.75) is 5.92 Å². The number of hydrogen-bond donors (Lipinski definition) is 2. The van der Waals surface area contributed by atoms with Crippen LogP contribution in [-0.2, 0) is 9.59 Å². The minimum Gasteiger partial charge on any atom is -0.481 e. The van der Waals surface area contributed by atoms with E-state index in [0.29, 0.717) is 6.54 Å². The zero-order valence-electron chi connectivity index (χ0n) is 8.31. The molecule has 0 spiro atoms. The molecule has 2 N–H and O–H groups in total. The van der Waals surface area contributed by atoms with Crippen LogP contribution in [0.25, 0.3) is 0 Å². The van der Waals surface area contributed by atoms with Gasteiger partial charge in [-0.25, -0.2) is 0 Å². The largest absolute Gasteiger partial charge is 0.481 e. The summed E-state index contributed by atoms with van der Waals surface area (Å²) < 4.78 is 0.883. The van der Waals surface area contributed by atoms with Gasteiger partial charge in [-0.2, -0.15) is 0 Å². The van der Waals surface area contributed by atoms with Crippen molar-refractivity contribution in [1.29, 1.82) is 0 Å². The fourth-order valence-electron chi connectivity index (χ4n) is 1.95. The fraction of sp³-hybridized carbons (Fsp3) is 0.273. The highest BCUT2D eigenvalue weighted by Gasteiger charge is 2.41. The maximum absolute atomic E-state index is 11.4. The van der Waals surface area contributed by atoms with Gasteiger partial charge in [0.15, 0.2) is 0 Å². The van der Waals surface area contributed by atoms with Crippen LogP contribution in [0.2, 0.25) is 0 Å². The summed E-state index contributed by atoms with van der Waals surface area (Å²) in [5.74, 6) is -2.74. The number of rotatable bonds is 2. The van der Waals surface area contributed by atoms with Crippen LogP contribution in [0, 0.1) is 5.92 Å². The van der Waals surface area contributed by atoms with Crippen molar-refractivity contribution < 1.29 is 14.7 Å². The van der Waals surface area contributed by atoms with Crippen LogP contribution < -0.4 is 5.32 Å². The first-order valence-corrected chi connectivity index (χ1v) is 5.65. The lowest BCUT2D eigenvalue weighted by Gasteiger charge is -2.13. The summed E-state index contributed by atoms with van der Waals surface area (Å²) in [6.45, 7) is 0.381. The quantitative estimate of drug-likeness (QED) is 0.806. The molecule has 0 saturated carbocycles. The molecular weight excluding hydrogens is 274 g/mol. The Morgan fingerprint density at radius 3 is 2.88 bits per heavy atom. The molecule has 1 saturated heterocycles. The highest BCUT2D eigenvalue weighted by molar-refractivity contribution is 9.10. The van der Waals surface area contributed by atoms with Crippen molar-refractivity contribution >= 4 is 27.8 Å². The average molecular weight is 284 g/mol. The summed E-state index contributed by atoms with van der Waals surface area (Å²) in [5, 5.41) is 11.6. The lowest BCUT2D eigenvalue weighted by Crippen LogP contribution is -2.26. The number of carboxylic acid groups (broad SMARTS) is 1. The van der Waals surface area contributed by atoms with E-state index in [4.69, 9.17) is 5.11 Å². The summed E-state index contributed by atoms with van der Waals surface area (Å²) in [6, 6.07) is 7.39. The third-order valence-electron chi connectivity index (χ3n) is 2.72. The Bertz CT molecular complexity index is 447. The molecule has 1 aliphatic rings. The Kier molecular flexibility index (Phi) is 2.96. The van der Waals surface area contributed by atoms with Crippen molar-refractivity contribution in [3.8, 4) is 0 Å². The summed E-state index contributed by atoms with van der Waals surface area (Å²) in [6.07, 6.45) is 0. The molecule has 84 valence electrons. The molecule has 4 nitrogen and oxygen atoms in total. The Labute approximate surface area is 101 Å². The van der Waals surface area contributed by atoms with Gasteiger partial charge in [0.1, 0.15) is 5.92 Å². The summed E-state index contributed by atoms with van der Waals surface area (Å²) >= 11 is 3.33. The zero-order chi connectivity index (χ0) is 11.7. The van der Waals surface area contributed by atoms with Gasteiger partial charge in [0.05, 0.1) is 0 Å². The van der Waals surface area contributed by atoms with E-state index in [2.05, 4.69) is 21.2 Å². The Morgan fingerprint density at radius 2 is 2.25 bits per heavy atom. The number of halogens is 1. The molecule has 16 heavy (non-hydrogen) atoms. The van der Waals surface area contributed by atoms with E-state index < -0.39 is 17.8 Å². The number of carboxylic acids is 1. The van der Waals surface area contributed by atoms with E-state index in [9.17, 15) is 9.59 Å². The topological polar surface area (TPSA) is 66.4 Å². The van der Waals surface area contributed by atoms with Gasteiger partial charge in [-0.3, -0.25) is 9.59 Å². The Balaban J connectivity index is 2.34. The van der Waals surface area contributed by atoms with Gasteiger partial charge in [-0.15, -0.1) is 0 Å². The van der Waals surface area contributed by atoms with Gasteiger partial charge >= 0.3 is 5.97 Å². The van der Waals surface area contributed by atoms with E-state index >= 15 is 0 Å². The van der Waals surface area contributed by atoms with Crippen molar-refractivity contribution in [3.05, 3.63) is 34.3 Å². The molecular formula is C11H10BrNO3. The Morgan fingerprint density at radius 1 is 1.50 bits per heavy atom. The van der Waals surface area contributed by atoms with Gasteiger partial charge in [0.2, 0.25) is 5.91 Å². The van der Waals surface area contributed by atoms with Crippen molar-refractivity contribution in [1.82, 2.24) is 5.32 Å². The van der Waals surface area contributed by atoms with E-state index in [1.54, 1.807) is 0 Å². The number of carbonyl (C=O) groups is 2. The molecule has 1 aliphatic heterocycles. The number of nitrogens with one attached hydrogen (secondary N) is 1. The lowest BCUT2D eigenvalue weighted by molar-refractivity contribution is -0.145. The molecule has 0 bridgehead atoms. The highest BCUT2D eigenvalue weighted by atomic mass is 79.9. The van der Waals surface area contributed by atoms with Crippen LogP contribution in [0.4, 0.5) is 0 Å². The van der Waals surface area contributed by atoms with Gasteiger partial charge in [0.25, 0.3) is 0 Å². The number of aliphatic carboxylic acids is 1. The van der Waals surface area contributed by atoms with Crippen LogP contribution >= 0.6 is 15.9 Å². The second kappa shape index (κ2) is 4.25. The van der Waals surface area contributed by atoms with Crippen molar-refractivity contribution in [3.63, 3.8) is 0 Å². The normalized spacial score (nSPS) is 24.2. The molecule has 2 atom stereocenters. The molecule has 1 fully saturated rings. The number of hydrogen-bond acceptors (Lipinski definition) is 2. The predicted molar refractivity (Wildman–Crippen MR) is 61.0 cm³/mol. The minimum absolute atomic E-state index is 0.289. The molecule has 1 amide bonds. The first-order valence-electron chi connectivity index (χ1n) is 4.85. The summed E-state index contributed by atoms with van der Waals surface area (Å²) in [7, 11) is 0. The van der Waals surface area contributed by atoms with E-state index in [1.807, 2.05) is 24.3 Å². The maximum atomic E-state index is 11.4.